The Bertz CT molecular complexity index is 1510. The number of aliphatic hydroxyl groups is 1. The average Bonchev–Trinajstić information content (AvgIpc) is 3.10. The standard InChI is InChI=1S/C28H19F2NO3/c1-16-6-2-5-9-21(16)25-24(26(32)19-11-10-17-7-3-4-8-18(17)14-19)27(33)28(34)31(25)20-12-13-22(29)23(30)15-20/h2-15,25,32H,1H3/b26-24+. The van der Waals surface area contributed by atoms with Crippen LogP contribution in [0.3, 0.4) is 0 Å². The van der Waals surface area contributed by atoms with Gasteiger partial charge in [0.05, 0.1) is 11.6 Å². The lowest BCUT2D eigenvalue weighted by Gasteiger charge is -2.26. The lowest BCUT2D eigenvalue weighted by atomic mass is 9.92. The molecule has 1 aliphatic heterocycles. The second-order valence-electron chi connectivity index (χ2n) is 8.19. The Morgan fingerprint density at radius 2 is 1.53 bits per heavy atom. The summed E-state index contributed by atoms with van der Waals surface area (Å²) in [5.74, 6) is -4.37. The normalized spacial score (nSPS) is 17.5. The van der Waals surface area contributed by atoms with E-state index in [9.17, 15) is 23.5 Å². The van der Waals surface area contributed by atoms with Crippen LogP contribution in [-0.4, -0.2) is 16.8 Å². The second kappa shape index (κ2) is 8.23. The van der Waals surface area contributed by atoms with E-state index >= 15 is 0 Å². The Kier molecular flexibility index (Phi) is 5.21. The van der Waals surface area contributed by atoms with Gasteiger partial charge in [0.25, 0.3) is 11.7 Å². The lowest BCUT2D eigenvalue weighted by molar-refractivity contribution is -0.132. The molecule has 1 fully saturated rings. The third-order valence-electron chi connectivity index (χ3n) is 6.13. The van der Waals surface area contributed by atoms with E-state index in [4.69, 9.17) is 0 Å². The van der Waals surface area contributed by atoms with E-state index in [1.54, 1.807) is 24.3 Å². The lowest BCUT2D eigenvalue weighted by Crippen LogP contribution is -2.30. The average molecular weight is 455 g/mol. The fourth-order valence-electron chi connectivity index (χ4n) is 4.41. The monoisotopic (exact) mass is 455 g/mol. The molecule has 1 aliphatic rings. The molecule has 0 bridgehead atoms. The van der Waals surface area contributed by atoms with Crippen LogP contribution in [0.15, 0.2) is 90.5 Å². The van der Waals surface area contributed by atoms with Gasteiger partial charge in [-0.3, -0.25) is 14.5 Å². The molecule has 4 nitrogen and oxygen atoms in total. The number of hydrogen-bond acceptors (Lipinski definition) is 3. The van der Waals surface area contributed by atoms with Crippen LogP contribution in [0.5, 0.6) is 0 Å². The van der Waals surface area contributed by atoms with Crippen molar-refractivity contribution in [2.45, 2.75) is 13.0 Å². The predicted molar refractivity (Wildman–Crippen MR) is 126 cm³/mol. The summed E-state index contributed by atoms with van der Waals surface area (Å²) in [5.41, 5.74) is 1.65. The summed E-state index contributed by atoms with van der Waals surface area (Å²) in [6.07, 6.45) is 0. The zero-order valence-corrected chi connectivity index (χ0v) is 18.1. The fourth-order valence-corrected chi connectivity index (χ4v) is 4.41. The molecule has 0 aromatic heterocycles. The molecule has 1 atom stereocenters. The molecule has 168 valence electrons. The van der Waals surface area contributed by atoms with E-state index in [0.717, 1.165) is 33.4 Å². The molecule has 0 spiro atoms. The van der Waals surface area contributed by atoms with Gasteiger partial charge in [-0.2, -0.15) is 0 Å². The third kappa shape index (κ3) is 3.44. The highest BCUT2D eigenvalue weighted by molar-refractivity contribution is 6.51. The molecule has 1 saturated heterocycles. The zero-order chi connectivity index (χ0) is 24.0. The largest absolute Gasteiger partial charge is 0.507 e. The molecule has 0 aliphatic carbocycles. The number of nitrogens with zero attached hydrogens (tertiary/aromatic N) is 1. The summed E-state index contributed by atoms with van der Waals surface area (Å²) in [5, 5.41) is 13.1. The molecule has 0 saturated carbocycles. The van der Waals surface area contributed by atoms with Crippen molar-refractivity contribution < 1.29 is 23.5 Å². The van der Waals surface area contributed by atoms with Gasteiger partial charge in [0.2, 0.25) is 0 Å². The Balaban J connectivity index is 1.75. The third-order valence-corrected chi connectivity index (χ3v) is 6.13. The molecule has 0 radical (unpaired) electrons. The maximum absolute atomic E-state index is 14.1. The minimum Gasteiger partial charge on any atom is -0.507 e. The van der Waals surface area contributed by atoms with Crippen molar-refractivity contribution >= 4 is 33.9 Å². The van der Waals surface area contributed by atoms with E-state index in [1.165, 1.54) is 6.07 Å². The van der Waals surface area contributed by atoms with Gasteiger partial charge < -0.3 is 5.11 Å². The number of carbonyl (C=O) groups excluding carboxylic acids is 2. The van der Waals surface area contributed by atoms with Crippen molar-refractivity contribution in [2.24, 2.45) is 0 Å². The Morgan fingerprint density at radius 1 is 0.824 bits per heavy atom. The van der Waals surface area contributed by atoms with Gasteiger partial charge in [0, 0.05) is 17.3 Å². The second-order valence-corrected chi connectivity index (χ2v) is 8.19. The first-order chi connectivity index (χ1) is 16.4. The number of halogens is 2. The van der Waals surface area contributed by atoms with Crippen LogP contribution in [0.4, 0.5) is 14.5 Å². The number of carbonyl (C=O) groups is 2. The summed E-state index contributed by atoms with van der Waals surface area (Å²) in [7, 11) is 0. The molecule has 34 heavy (non-hydrogen) atoms. The van der Waals surface area contributed by atoms with Gasteiger partial charge in [-0.05, 0) is 47.0 Å². The van der Waals surface area contributed by atoms with Crippen LogP contribution in [0.1, 0.15) is 22.7 Å². The highest BCUT2D eigenvalue weighted by Gasteiger charge is 2.47. The molecule has 1 amide bonds. The van der Waals surface area contributed by atoms with Gasteiger partial charge in [0.15, 0.2) is 11.6 Å². The number of fused-ring (bicyclic) bond motifs is 1. The summed E-state index contributed by atoms with van der Waals surface area (Å²) in [4.78, 5) is 27.5. The quantitative estimate of drug-likeness (QED) is 0.232. The van der Waals surface area contributed by atoms with Crippen LogP contribution in [0.2, 0.25) is 0 Å². The predicted octanol–water partition coefficient (Wildman–Crippen LogP) is 6.05. The highest BCUT2D eigenvalue weighted by Crippen LogP contribution is 2.43. The zero-order valence-electron chi connectivity index (χ0n) is 18.1. The molecule has 6 heteroatoms. The highest BCUT2D eigenvalue weighted by atomic mass is 19.2. The minimum absolute atomic E-state index is 0.0202. The number of aliphatic hydroxyl groups excluding tert-OH is 1. The molecule has 4 aromatic carbocycles. The van der Waals surface area contributed by atoms with Gasteiger partial charge in [0.1, 0.15) is 5.76 Å². The summed E-state index contributed by atoms with van der Waals surface area (Å²) in [6.45, 7) is 1.82. The van der Waals surface area contributed by atoms with E-state index in [2.05, 4.69) is 0 Å². The van der Waals surface area contributed by atoms with Crippen LogP contribution in [0, 0.1) is 18.6 Å². The van der Waals surface area contributed by atoms with E-state index in [-0.39, 0.29) is 17.0 Å². The van der Waals surface area contributed by atoms with Gasteiger partial charge >= 0.3 is 0 Å². The summed E-state index contributed by atoms with van der Waals surface area (Å²) in [6, 6.07) is 21.9. The summed E-state index contributed by atoms with van der Waals surface area (Å²) >= 11 is 0. The molecule has 4 aromatic rings. The number of benzene rings is 4. The topological polar surface area (TPSA) is 57.6 Å². The van der Waals surface area contributed by atoms with Crippen LogP contribution < -0.4 is 4.90 Å². The van der Waals surface area contributed by atoms with E-state index < -0.39 is 29.4 Å². The van der Waals surface area contributed by atoms with Gasteiger partial charge in [-0.1, -0.05) is 60.7 Å². The van der Waals surface area contributed by atoms with E-state index in [1.807, 2.05) is 49.4 Å². The molecule has 1 heterocycles. The number of Topliss-reactive ketones (excluding diaryl/α,β-unsaturated/α-hetero) is 1. The Hall–Kier alpha value is -4.32. The molecule has 5 rings (SSSR count). The maximum atomic E-state index is 14.1. The van der Waals surface area contributed by atoms with Crippen molar-refractivity contribution in [1.82, 2.24) is 0 Å². The van der Waals surface area contributed by atoms with Gasteiger partial charge in [-0.25, -0.2) is 8.78 Å². The van der Waals surface area contributed by atoms with E-state index in [0.29, 0.717) is 11.1 Å². The van der Waals surface area contributed by atoms with Crippen LogP contribution in [0.25, 0.3) is 16.5 Å². The number of amides is 1. The Morgan fingerprint density at radius 3 is 2.26 bits per heavy atom. The molecular weight excluding hydrogens is 436 g/mol. The molecular formula is C28H19F2NO3. The van der Waals surface area contributed by atoms with Crippen molar-refractivity contribution in [3.63, 3.8) is 0 Å². The summed E-state index contributed by atoms with van der Waals surface area (Å²) < 4.78 is 27.7. The number of anilines is 1. The Labute approximate surface area is 194 Å². The first kappa shape index (κ1) is 21.5. The molecule has 1 unspecified atom stereocenters. The van der Waals surface area contributed by atoms with Crippen LogP contribution >= 0.6 is 0 Å². The SMILES string of the molecule is Cc1ccccc1C1/C(=C(\O)c2ccc3ccccc3c2)C(=O)C(=O)N1c1ccc(F)c(F)c1. The molecule has 1 N–H and O–H groups in total. The number of rotatable bonds is 3. The fraction of sp³-hybridized carbons (Fsp3) is 0.0714. The van der Waals surface area contributed by atoms with Crippen molar-refractivity contribution in [3.05, 3.63) is 119 Å². The van der Waals surface area contributed by atoms with Crippen molar-refractivity contribution in [3.8, 4) is 0 Å². The van der Waals surface area contributed by atoms with Crippen molar-refractivity contribution in [2.75, 3.05) is 4.90 Å². The number of hydrogen-bond donors (Lipinski definition) is 1. The van der Waals surface area contributed by atoms with Gasteiger partial charge in [-0.15, -0.1) is 0 Å². The first-order valence-electron chi connectivity index (χ1n) is 10.7. The minimum atomic E-state index is -1.14. The smallest absolute Gasteiger partial charge is 0.300 e. The maximum Gasteiger partial charge on any atom is 0.300 e. The van der Waals surface area contributed by atoms with Crippen molar-refractivity contribution in [1.29, 1.82) is 0 Å². The first-order valence-corrected chi connectivity index (χ1v) is 10.7. The van der Waals surface area contributed by atoms with Crippen LogP contribution in [-0.2, 0) is 9.59 Å². The number of aryl methyl sites for hydroxylation is 1. The number of ketones is 1.